The first-order valence-electron chi connectivity index (χ1n) is 10.4. The van der Waals surface area contributed by atoms with E-state index in [2.05, 4.69) is 10.6 Å². The molecule has 2 aliphatic rings. The van der Waals surface area contributed by atoms with Crippen molar-refractivity contribution in [3.05, 3.63) is 89.0 Å². The van der Waals surface area contributed by atoms with Crippen LogP contribution in [0.15, 0.2) is 66.7 Å². The highest BCUT2D eigenvalue weighted by molar-refractivity contribution is 6.04. The second kappa shape index (κ2) is 8.66. The van der Waals surface area contributed by atoms with E-state index in [0.717, 1.165) is 5.56 Å². The number of hydrogen-bond donors (Lipinski definition) is 2. The summed E-state index contributed by atoms with van der Waals surface area (Å²) < 4.78 is 16.0. The summed E-state index contributed by atoms with van der Waals surface area (Å²) in [5.41, 5.74) is 2.72. The molecule has 0 unspecified atom stereocenters. The minimum absolute atomic E-state index is 0.0457. The molecule has 0 saturated carbocycles. The molecule has 2 N–H and O–H groups in total. The number of hydrogen-bond acceptors (Lipinski definition) is 6. The fourth-order valence-corrected chi connectivity index (χ4v) is 3.86. The fourth-order valence-electron chi connectivity index (χ4n) is 3.86. The van der Waals surface area contributed by atoms with Crippen molar-refractivity contribution in [1.29, 1.82) is 0 Å². The number of carbonyl (C=O) groups is 3. The van der Waals surface area contributed by atoms with E-state index >= 15 is 0 Å². The maximum Gasteiger partial charge on any atom is 0.339 e. The van der Waals surface area contributed by atoms with E-state index in [1.807, 2.05) is 12.1 Å². The van der Waals surface area contributed by atoms with Crippen LogP contribution < -0.4 is 20.1 Å². The number of esters is 1. The van der Waals surface area contributed by atoms with Crippen LogP contribution in [0, 0.1) is 0 Å². The summed E-state index contributed by atoms with van der Waals surface area (Å²) in [6, 6.07) is 19.2. The van der Waals surface area contributed by atoms with Crippen molar-refractivity contribution in [3.8, 4) is 11.5 Å². The number of rotatable bonds is 6. The monoisotopic (exact) mass is 444 g/mol. The molecule has 2 amide bonds. The van der Waals surface area contributed by atoms with E-state index in [9.17, 15) is 14.4 Å². The molecule has 0 bridgehead atoms. The van der Waals surface area contributed by atoms with Crippen LogP contribution in [0.3, 0.4) is 0 Å². The highest BCUT2D eigenvalue weighted by Gasteiger charge is 2.32. The Labute approximate surface area is 189 Å². The van der Waals surface area contributed by atoms with Gasteiger partial charge in [-0.15, -0.1) is 0 Å². The molecular formula is C25H20N2O6. The van der Waals surface area contributed by atoms with Gasteiger partial charge in [0.05, 0.1) is 23.2 Å². The van der Waals surface area contributed by atoms with Crippen molar-refractivity contribution >= 4 is 23.5 Å². The van der Waals surface area contributed by atoms with Gasteiger partial charge in [0.15, 0.2) is 11.5 Å². The van der Waals surface area contributed by atoms with Gasteiger partial charge in [0.25, 0.3) is 5.91 Å². The standard InChI is InChI=1S/C25H20N2O6/c28-23(12-21-16-5-1-2-6-17(16)25(30)33-21)27-19-8-4-3-7-18(19)24(29)26-13-15-9-10-20-22(11-15)32-14-31-20/h1-11,21H,12-14H2,(H,26,29)(H,27,28)/t21-/m0/s1. The van der Waals surface area contributed by atoms with E-state index in [-0.39, 0.29) is 31.6 Å². The average molecular weight is 444 g/mol. The molecule has 0 aromatic heterocycles. The molecule has 5 rings (SSSR count). The van der Waals surface area contributed by atoms with Gasteiger partial charge in [-0.05, 0) is 35.9 Å². The molecule has 8 heteroatoms. The first kappa shape index (κ1) is 20.6. The van der Waals surface area contributed by atoms with Gasteiger partial charge in [-0.25, -0.2) is 4.79 Å². The predicted octanol–water partition coefficient (Wildman–Crippen LogP) is 3.59. The summed E-state index contributed by atoms with van der Waals surface area (Å²) in [4.78, 5) is 37.5. The molecule has 0 aliphatic carbocycles. The number of amides is 2. The van der Waals surface area contributed by atoms with Crippen LogP contribution in [0.4, 0.5) is 5.69 Å². The summed E-state index contributed by atoms with van der Waals surface area (Å²) in [6.45, 7) is 0.469. The van der Waals surface area contributed by atoms with Gasteiger partial charge in [0, 0.05) is 12.1 Å². The molecule has 2 heterocycles. The second-order valence-corrected chi connectivity index (χ2v) is 7.65. The Balaban J connectivity index is 1.24. The molecule has 166 valence electrons. The molecule has 33 heavy (non-hydrogen) atoms. The van der Waals surface area contributed by atoms with Crippen molar-refractivity contribution in [2.45, 2.75) is 19.1 Å². The van der Waals surface area contributed by atoms with E-state index in [1.165, 1.54) is 0 Å². The lowest BCUT2D eigenvalue weighted by Gasteiger charge is -2.14. The van der Waals surface area contributed by atoms with Gasteiger partial charge in [-0.1, -0.05) is 36.4 Å². The van der Waals surface area contributed by atoms with Gasteiger partial charge in [0.2, 0.25) is 12.7 Å². The molecule has 2 aliphatic heterocycles. The zero-order valence-corrected chi connectivity index (χ0v) is 17.5. The topological polar surface area (TPSA) is 103 Å². The van der Waals surface area contributed by atoms with Gasteiger partial charge >= 0.3 is 5.97 Å². The van der Waals surface area contributed by atoms with Crippen LogP contribution in [0.1, 0.15) is 44.4 Å². The van der Waals surface area contributed by atoms with Crippen LogP contribution in [0.2, 0.25) is 0 Å². The van der Waals surface area contributed by atoms with Gasteiger partial charge in [-0.2, -0.15) is 0 Å². The maximum absolute atomic E-state index is 12.8. The van der Waals surface area contributed by atoms with E-state index in [4.69, 9.17) is 14.2 Å². The number of para-hydroxylation sites is 1. The molecule has 0 spiro atoms. The number of cyclic esters (lactones) is 1. The lowest BCUT2D eigenvalue weighted by molar-refractivity contribution is -0.118. The zero-order valence-electron chi connectivity index (χ0n) is 17.5. The van der Waals surface area contributed by atoms with Crippen LogP contribution in [0.5, 0.6) is 11.5 Å². The summed E-state index contributed by atoms with van der Waals surface area (Å²) in [6.07, 6.45) is -0.698. The van der Waals surface area contributed by atoms with Crippen molar-refractivity contribution in [3.63, 3.8) is 0 Å². The molecule has 0 radical (unpaired) electrons. The molecular weight excluding hydrogens is 424 g/mol. The quantitative estimate of drug-likeness (QED) is 0.564. The summed E-state index contributed by atoms with van der Waals surface area (Å²) in [5.74, 6) is 0.186. The van der Waals surface area contributed by atoms with Crippen LogP contribution >= 0.6 is 0 Å². The first-order valence-corrected chi connectivity index (χ1v) is 10.4. The molecule has 0 saturated heterocycles. The Hall–Kier alpha value is -4.33. The number of fused-ring (bicyclic) bond motifs is 2. The van der Waals surface area contributed by atoms with Gasteiger partial charge in [-0.3, -0.25) is 9.59 Å². The third-order valence-corrected chi connectivity index (χ3v) is 5.48. The normalized spacial score (nSPS) is 15.5. The summed E-state index contributed by atoms with van der Waals surface area (Å²) >= 11 is 0. The molecule has 0 fully saturated rings. The Morgan fingerprint density at radius 3 is 2.64 bits per heavy atom. The van der Waals surface area contributed by atoms with Crippen LogP contribution in [-0.4, -0.2) is 24.6 Å². The van der Waals surface area contributed by atoms with Gasteiger partial charge < -0.3 is 24.8 Å². The molecule has 8 nitrogen and oxygen atoms in total. The summed E-state index contributed by atoms with van der Waals surface area (Å²) in [7, 11) is 0. The number of anilines is 1. The van der Waals surface area contributed by atoms with E-state index in [0.29, 0.717) is 33.9 Å². The van der Waals surface area contributed by atoms with Crippen molar-refractivity contribution in [1.82, 2.24) is 5.32 Å². The number of ether oxygens (including phenoxy) is 3. The highest BCUT2D eigenvalue weighted by Crippen LogP contribution is 2.34. The Morgan fingerprint density at radius 1 is 0.939 bits per heavy atom. The van der Waals surface area contributed by atoms with Gasteiger partial charge in [0.1, 0.15) is 6.10 Å². The van der Waals surface area contributed by atoms with E-state index in [1.54, 1.807) is 54.6 Å². The molecule has 3 aromatic carbocycles. The Morgan fingerprint density at radius 2 is 1.73 bits per heavy atom. The van der Waals surface area contributed by atoms with Crippen LogP contribution in [-0.2, 0) is 16.1 Å². The smallest absolute Gasteiger partial charge is 0.339 e. The average Bonchev–Trinajstić information content (AvgIpc) is 3.42. The molecule has 3 aromatic rings. The summed E-state index contributed by atoms with van der Waals surface area (Å²) in [5, 5.41) is 5.62. The first-order chi connectivity index (χ1) is 16.1. The minimum Gasteiger partial charge on any atom is -0.454 e. The number of nitrogens with one attached hydrogen (secondary N) is 2. The fraction of sp³-hybridized carbons (Fsp3) is 0.160. The highest BCUT2D eigenvalue weighted by atomic mass is 16.7. The largest absolute Gasteiger partial charge is 0.454 e. The minimum atomic E-state index is -0.652. The van der Waals surface area contributed by atoms with Crippen molar-refractivity contribution in [2.75, 3.05) is 12.1 Å². The SMILES string of the molecule is O=C(C[C@@H]1OC(=O)c2ccccc21)Nc1ccccc1C(=O)NCc1ccc2c(c1)OCO2. The zero-order chi connectivity index (χ0) is 22.8. The molecule has 1 atom stereocenters. The Bertz CT molecular complexity index is 1260. The lowest BCUT2D eigenvalue weighted by atomic mass is 10.0. The van der Waals surface area contributed by atoms with E-state index < -0.39 is 12.1 Å². The van der Waals surface area contributed by atoms with Crippen molar-refractivity contribution < 1.29 is 28.6 Å². The Kier molecular flexibility index (Phi) is 5.40. The third kappa shape index (κ3) is 4.23. The second-order valence-electron chi connectivity index (χ2n) is 7.65. The predicted molar refractivity (Wildman–Crippen MR) is 118 cm³/mol. The lowest BCUT2D eigenvalue weighted by Crippen LogP contribution is -2.25. The van der Waals surface area contributed by atoms with Crippen molar-refractivity contribution in [2.24, 2.45) is 0 Å². The number of benzene rings is 3. The van der Waals surface area contributed by atoms with Crippen LogP contribution in [0.25, 0.3) is 0 Å². The maximum atomic E-state index is 12.8. The third-order valence-electron chi connectivity index (χ3n) is 5.48. The number of carbonyl (C=O) groups excluding carboxylic acids is 3.